The number of nitrogens with zero attached hydrogens (tertiary/aromatic N) is 1. The van der Waals surface area contributed by atoms with Crippen LogP contribution in [0.4, 0.5) is 0 Å². The zero-order valence-electron chi connectivity index (χ0n) is 9.24. The van der Waals surface area contributed by atoms with E-state index in [0.717, 1.165) is 19.1 Å². The molecule has 0 radical (unpaired) electrons. The van der Waals surface area contributed by atoms with Crippen molar-refractivity contribution in [2.75, 3.05) is 20.1 Å². The van der Waals surface area contributed by atoms with Gasteiger partial charge >= 0.3 is 0 Å². The predicted molar refractivity (Wildman–Crippen MR) is 61.9 cm³/mol. The molecule has 1 heterocycles. The number of rotatable bonds is 2. The highest BCUT2D eigenvalue weighted by molar-refractivity contribution is 5.34. The number of hydrogen-bond donors (Lipinski definition) is 1. The Kier molecular flexibility index (Phi) is 2.26. The van der Waals surface area contributed by atoms with E-state index in [9.17, 15) is 0 Å². The summed E-state index contributed by atoms with van der Waals surface area (Å²) in [5, 5.41) is 3.35. The molecule has 0 saturated carbocycles. The van der Waals surface area contributed by atoms with Gasteiger partial charge in [0.25, 0.3) is 0 Å². The van der Waals surface area contributed by atoms with Crippen LogP contribution in [-0.4, -0.2) is 31.1 Å². The lowest BCUT2D eigenvalue weighted by Crippen LogP contribution is -2.56. The van der Waals surface area contributed by atoms with Crippen LogP contribution in [0.5, 0.6) is 0 Å². The first-order valence-electron chi connectivity index (χ1n) is 5.87. The van der Waals surface area contributed by atoms with E-state index >= 15 is 0 Å². The molecule has 1 aromatic carbocycles. The second-order valence-corrected chi connectivity index (χ2v) is 4.73. The van der Waals surface area contributed by atoms with E-state index in [1.807, 2.05) is 0 Å². The van der Waals surface area contributed by atoms with Crippen molar-refractivity contribution >= 4 is 0 Å². The SMILES string of the molecule is CN(C1CNC1)C1CCc2ccccc21. The number of nitrogens with one attached hydrogen (secondary N) is 1. The van der Waals surface area contributed by atoms with E-state index in [1.54, 1.807) is 11.1 Å². The van der Waals surface area contributed by atoms with Crippen molar-refractivity contribution in [2.45, 2.75) is 24.9 Å². The molecule has 2 nitrogen and oxygen atoms in total. The summed E-state index contributed by atoms with van der Waals surface area (Å²) < 4.78 is 0. The topological polar surface area (TPSA) is 15.3 Å². The molecule has 15 heavy (non-hydrogen) atoms. The first-order valence-corrected chi connectivity index (χ1v) is 5.87. The summed E-state index contributed by atoms with van der Waals surface area (Å²) in [7, 11) is 2.28. The maximum atomic E-state index is 3.35. The van der Waals surface area contributed by atoms with Crippen molar-refractivity contribution < 1.29 is 0 Å². The Morgan fingerprint density at radius 1 is 1.27 bits per heavy atom. The highest BCUT2D eigenvalue weighted by Crippen LogP contribution is 2.35. The maximum Gasteiger partial charge on any atom is 0.0354 e. The van der Waals surface area contributed by atoms with Gasteiger partial charge in [-0.1, -0.05) is 24.3 Å². The molecule has 1 aromatic rings. The van der Waals surface area contributed by atoms with Crippen LogP contribution in [0.15, 0.2) is 24.3 Å². The minimum absolute atomic E-state index is 0.660. The van der Waals surface area contributed by atoms with Crippen molar-refractivity contribution in [3.63, 3.8) is 0 Å². The van der Waals surface area contributed by atoms with Crippen LogP contribution < -0.4 is 5.32 Å². The van der Waals surface area contributed by atoms with Gasteiger partial charge in [-0.3, -0.25) is 4.90 Å². The molecule has 1 saturated heterocycles. The Bertz CT molecular complexity index is 357. The second-order valence-electron chi connectivity index (χ2n) is 4.73. The molecule has 1 atom stereocenters. The first kappa shape index (κ1) is 9.37. The van der Waals surface area contributed by atoms with E-state index in [4.69, 9.17) is 0 Å². The van der Waals surface area contributed by atoms with Gasteiger partial charge in [-0.15, -0.1) is 0 Å². The minimum atomic E-state index is 0.660. The summed E-state index contributed by atoms with van der Waals surface area (Å²) in [5.74, 6) is 0. The Morgan fingerprint density at radius 2 is 2.07 bits per heavy atom. The fraction of sp³-hybridized carbons (Fsp3) is 0.538. The Morgan fingerprint density at radius 3 is 2.80 bits per heavy atom. The first-order chi connectivity index (χ1) is 7.36. The molecule has 0 spiro atoms. The standard InChI is InChI=1S/C13H18N2/c1-15(11-8-14-9-11)13-7-6-10-4-2-3-5-12(10)13/h2-5,11,13-14H,6-9H2,1H3. The van der Waals surface area contributed by atoms with Gasteiger partial charge in [0.1, 0.15) is 0 Å². The van der Waals surface area contributed by atoms with Gasteiger partial charge in [0.2, 0.25) is 0 Å². The lowest BCUT2D eigenvalue weighted by molar-refractivity contribution is 0.127. The van der Waals surface area contributed by atoms with Crippen LogP contribution >= 0.6 is 0 Å². The second kappa shape index (κ2) is 3.62. The fourth-order valence-electron chi connectivity index (χ4n) is 2.77. The average molecular weight is 202 g/mol. The van der Waals surface area contributed by atoms with E-state index in [-0.39, 0.29) is 0 Å². The molecular formula is C13H18N2. The fourth-order valence-corrected chi connectivity index (χ4v) is 2.77. The summed E-state index contributed by atoms with van der Waals surface area (Å²) in [5.41, 5.74) is 3.12. The lowest BCUT2D eigenvalue weighted by Gasteiger charge is -2.39. The van der Waals surface area contributed by atoms with Crippen LogP contribution in [0.25, 0.3) is 0 Å². The van der Waals surface area contributed by atoms with E-state index in [1.165, 1.54) is 12.8 Å². The van der Waals surface area contributed by atoms with Crippen LogP contribution in [0, 0.1) is 0 Å². The minimum Gasteiger partial charge on any atom is -0.314 e. The molecule has 1 unspecified atom stereocenters. The molecular weight excluding hydrogens is 184 g/mol. The van der Waals surface area contributed by atoms with E-state index in [0.29, 0.717) is 6.04 Å². The maximum absolute atomic E-state index is 3.35. The number of fused-ring (bicyclic) bond motifs is 1. The molecule has 2 aliphatic rings. The van der Waals surface area contributed by atoms with Gasteiger partial charge in [0, 0.05) is 25.2 Å². The van der Waals surface area contributed by atoms with Crippen molar-refractivity contribution in [2.24, 2.45) is 0 Å². The largest absolute Gasteiger partial charge is 0.314 e. The highest BCUT2D eigenvalue weighted by Gasteiger charge is 2.31. The number of hydrogen-bond acceptors (Lipinski definition) is 2. The van der Waals surface area contributed by atoms with Crippen molar-refractivity contribution in [3.8, 4) is 0 Å². The van der Waals surface area contributed by atoms with E-state index in [2.05, 4.69) is 41.5 Å². The highest BCUT2D eigenvalue weighted by atomic mass is 15.2. The normalized spacial score (nSPS) is 25.3. The van der Waals surface area contributed by atoms with Gasteiger partial charge in [-0.05, 0) is 31.0 Å². The lowest BCUT2D eigenvalue weighted by atomic mass is 10.0. The molecule has 2 heteroatoms. The van der Waals surface area contributed by atoms with Gasteiger partial charge in [-0.25, -0.2) is 0 Å². The summed E-state index contributed by atoms with van der Waals surface area (Å²) in [4.78, 5) is 2.56. The molecule has 3 rings (SSSR count). The van der Waals surface area contributed by atoms with Gasteiger partial charge in [0.05, 0.1) is 0 Å². The molecule has 0 amide bonds. The molecule has 1 N–H and O–H groups in total. The molecule has 0 bridgehead atoms. The Balaban J connectivity index is 1.83. The summed E-state index contributed by atoms with van der Waals surface area (Å²) in [6.07, 6.45) is 2.55. The molecule has 80 valence electrons. The number of likely N-dealkylation sites (N-methyl/N-ethyl adjacent to an activating group) is 1. The molecule has 0 aromatic heterocycles. The monoisotopic (exact) mass is 202 g/mol. The van der Waals surface area contributed by atoms with Crippen LogP contribution in [0.2, 0.25) is 0 Å². The zero-order chi connectivity index (χ0) is 10.3. The third-order valence-corrected chi connectivity index (χ3v) is 3.93. The van der Waals surface area contributed by atoms with Crippen molar-refractivity contribution in [1.29, 1.82) is 0 Å². The van der Waals surface area contributed by atoms with Crippen LogP contribution in [0.1, 0.15) is 23.6 Å². The van der Waals surface area contributed by atoms with Crippen molar-refractivity contribution in [1.82, 2.24) is 10.2 Å². The molecule has 1 aliphatic heterocycles. The van der Waals surface area contributed by atoms with Crippen molar-refractivity contribution in [3.05, 3.63) is 35.4 Å². The van der Waals surface area contributed by atoms with Gasteiger partial charge in [-0.2, -0.15) is 0 Å². The Labute approximate surface area is 91.3 Å². The number of benzene rings is 1. The average Bonchev–Trinajstić information content (AvgIpc) is 2.58. The van der Waals surface area contributed by atoms with E-state index < -0.39 is 0 Å². The Hall–Kier alpha value is -0.860. The number of aryl methyl sites for hydroxylation is 1. The smallest absolute Gasteiger partial charge is 0.0354 e. The molecule has 1 fully saturated rings. The van der Waals surface area contributed by atoms with Gasteiger partial charge in [0.15, 0.2) is 0 Å². The molecule has 1 aliphatic carbocycles. The summed E-state index contributed by atoms with van der Waals surface area (Å²) >= 11 is 0. The van der Waals surface area contributed by atoms with Gasteiger partial charge < -0.3 is 5.32 Å². The quantitative estimate of drug-likeness (QED) is 0.783. The third-order valence-electron chi connectivity index (χ3n) is 3.93. The van der Waals surface area contributed by atoms with Crippen LogP contribution in [-0.2, 0) is 6.42 Å². The third kappa shape index (κ3) is 1.48. The summed E-state index contributed by atoms with van der Waals surface area (Å²) in [6, 6.07) is 10.3. The zero-order valence-corrected chi connectivity index (χ0v) is 9.24. The summed E-state index contributed by atoms with van der Waals surface area (Å²) in [6.45, 7) is 2.32. The predicted octanol–water partition coefficient (Wildman–Crippen LogP) is 1.58. The van der Waals surface area contributed by atoms with Crippen LogP contribution in [0.3, 0.4) is 0 Å².